The van der Waals surface area contributed by atoms with Crippen molar-refractivity contribution in [1.82, 2.24) is 10.2 Å². The first-order valence-corrected chi connectivity index (χ1v) is 17.0. The smallest absolute Gasteiger partial charge is 0.244 e. The number of nitrogens with one attached hydrogen (secondary N) is 1. The van der Waals surface area contributed by atoms with Gasteiger partial charge in [-0.3, -0.25) is 13.9 Å². The third-order valence-electron chi connectivity index (χ3n) is 7.13. The summed E-state index contributed by atoms with van der Waals surface area (Å²) in [4.78, 5) is 29.4. The highest BCUT2D eigenvalue weighted by molar-refractivity contribution is 7.92. The molecule has 0 bridgehead atoms. The highest BCUT2D eigenvalue weighted by Crippen LogP contribution is 2.26. The van der Waals surface area contributed by atoms with Crippen LogP contribution in [0.2, 0.25) is 5.02 Å². The number of carbonyl (C=O) groups excluding carboxylic acids is 2. The van der Waals surface area contributed by atoms with Crippen LogP contribution in [0.3, 0.4) is 0 Å². The number of sulfonamides is 1. The van der Waals surface area contributed by atoms with Gasteiger partial charge in [-0.15, -0.1) is 0 Å². The van der Waals surface area contributed by atoms with E-state index in [9.17, 15) is 18.0 Å². The topological polar surface area (TPSA) is 96.0 Å². The first kappa shape index (κ1) is 33.6. The van der Waals surface area contributed by atoms with Gasteiger partial charge in [-0.1, -0.05) is 85.6 Å². The Bertz CT molecular complexity index is 1650. The molecule has 0 saturated heterocycles. The number of hydrogen-bond acceptors (Lipinski definition) is 5. The molecule has 2 amide bonds. The second-order valence-electron chi connectivity index (χ2n) is 10.7. The van der Waals surface area contributed by atoms with Crippen LogP contribution in [0.1, 0.15) is 30.9 Å². The third kappa shape index (κ3) is 10.1. The van der Waals surface area contributed by atoms with Crippen LogP contribution < -0.4 is 14.4 Å². The van der Waals surface area contributed by atoms with Crippen molar-refractivity contribution in [3.05, 3.63) is 125 Å². The fourth-order valence-corrected chi connectivity index (χ4v) is 5.87. The highest BCUT2D eigenvalue weighted by Gasteiger charge is 2.33. The summed E-state index contributed by atoms with van der Waals surface area (Å²) in [5, 5.41) is 3.46. The fraction of sp³-hybridized carbons (Fsp3) is 0.257. The lowest BCUT2D eigenvalue weighted by Gasteiger charge is -2.33. The number of nitrogens with zero attached hydrogens (tertiary/aromatic N) is 2. The van der Waals surface area contributed by atoms with Gasteiger partial charge in [0.25, 0.3) is 0 Å². The molecule has 4 aromatic carbocycles. The van der Waals surface area contributed by atoms with E-state index in [4.69, 9.17) is 16.3 Å². The van der Waals surface area contributed by atoms with Crippen LogP contribution in [0.15, 0.2) is 109 Å². The SMILES string of the molecule is CCCCNC(=O)C(Cc1ccccc1)N(Cc1cccc(Cl)c1)C(=O)CN(c1ccc(Oc2ccccc2)cc1)S(C)(=O)=O. The number of para-hydroxylation sites is 1. The van der Waals surface area contributed by atoms with E-state index in [1.54, 1.807) is 42.5 Å². The minimum absolute atomic E-state index is 0.0551. The minimum atomic E-state index is -3.90. The summed E-state index contributed by atoms with van der Waals surface area (Å²) in [6.45, 7) is 2.04. The number of halogens is 1. The average molecular weight is 648 g/mol. The molecule has 4 rings (SSSR count). The Morgan fingerprint density at radius 3 is 2.09 bits per heavy atom. The second kappa shape index (κ2) is 16.1. The number of benzene rings is 4. The number of ether oxygens (including phenoxy) is 1. The molecule has 10 heteroatoms. The zero-order valence-electron chi connectivity index (χ0n) is 25.4. The summed E-state index contributed by atoms with van der Waals surface area (Å²) in [6.07, 6.45) is 2.98. The van der Waals surface area contributed by atoms with Crippen LogP contribution in [0.25, 0.3) is 0 Å². The van der Waals surface area contributed by atoms with Crippen LogP contribution in [0.4, 0.5) is 5.69 Å². The first-order chi connectivity index (χ1) is 21.6. The van der Waals surface area contributed by atoms with Crippen LogP contribution in [-0.4, -0.2) is 50.5 Å². The normalized spacial score (nSPS) is 11.8. The summed E-state index contributed by atoms with van der Waals surface area (Å²) in [7, 11) is -3.90. The summed E-state index contributed by atoms with van der Waals surface area (Å²) >= 11 is 6.27. The molecule has 0 radical (unpaired) electrons. The highest BCUT2D eigenvalue weighted by atomic mass is 35.5. The number of anilines is 1. The molecule has 1 unspecified atom stereocenters. The Balaban J connectivity index is 1.66. The Kier molecular flexibility index (Phi) is 12.0. The number of hydrogen-bond donors (Lipinski definition) is 1. The van der Waals surface area contributed by atoms with E-state index in [-0.39, 0.29) is 18.9 Å². The minimum Gasteiger partial charge on any atom is -0.457 e. The molecule has 0 aliphatic rings. The lowest BCUT2D eigenvalue weighted by molar-refractivity contribution is -0.140. The predicted octanol–water partition coefficient (Wildman–Crippen LogP) is 6.45. The molecule has 0 heterocycles. The van der Waals surface area contributed by atoms with Gasteiger partial charge in [0, 0.05) is 24.5 Å². The molecule has 236 valence electrons. The zero-order chi connectivity index (χ0) is 32.2. The molecule has 0 fully saturated rings. The Labute approximate surface area is 270 Å². The van der Waals surface area contributed by atoms with Crippen molar-refractivity contribution >= 4 is 39.1 Å². The monoisotopic (exact) mass is 647 g/mol. The van der Waals surface area contributed by atoms with Crippen molar-refractivity contribution in [2.45, 2.75) is 38.8 Å². The van der Waals surface area contributed by atoms with Crippen LogP contribution in [-0.2, 0) is 32.6 Å². The van der Waals surface area contributed by atoms with Crippen LogP contribution >= 0.6 is 11.6 Å². The van der Waals surface area contributed by atoms with Crippen molar-refractivity contribution in [3.63, 3.8) is 0 Å². The van der Waals surface area contributed by atoms with Gasteiger partial charge < -0.3 is 15.0 Å². The van der Waals surface area contributed by atoms with Crippen molar-refractivity contribution in [2.75, 3.05) is 23.7 Å². The molecule has 0 aliphatic heterocycles. The molecule has 8 nitrogen and oxygen atoms in total. The molecular formula is C35H38ClN3O5S. The van der Waals surface area contributed by atoms with E-state index < -0.39 is 28.5 Å². The summed E-state index contributed by atoms with van der Waals surface area (Å²) < 4.78 is 33.0. The quantitative estimate of drug-likeness (QED) is 0.150. The van der Waals surface area contributed by atoms with E-state index >= 15 is 0 Å². The van der Waals surface area contributed by atoms with Gasteiger partial charge in [0.05, 0.1) is 11.9 Å². The maximum atomic E-state index is 14.2. The predicted molar refractivity (Wildman–Crippen MR) is 179 cm³/mol. The molecule has 1 atom stereocenters. The molecular weight excluding hydrogens is 610 g/mol. The Morgan fingerprint density at radius 1 is 0.844 bits per heavy atom. The zero-order valence-corrected chi connectivity index (χ0v) is 27.0. The van der Waals surface area contributed by atoms with Gasteiger partial charge in [0.1, 0.15) is 24.1 Å². The number of rotatable bonds is 15. The van der Waals surface area contributed by atoms with Crippen molar-refractivity contribution in [1.29, 1.82) is 0 Å². The Morgan fingerprint density at radius 2 is 1.47 bits per heavy atom. The fourth-order valence-electron chi connectivity index (χ4n) is 4.81. The number of amides is 2. The lowest BCUT2D eigenvalue weighted by atomic mass is 10.0. The van der Waals surface area contributed by atoms with E-state index in [2.05, 4.69) is 5.32 Å². The van der Waals surface area contributed by atoms with Gasteiger partial charge in [-0.25, -0.2) is 8.42 Å². The summed E-state index contributed by atoms with van der Waals surface area (Å²) in [5.74, 6) is 0.310. The molecule has 0 aliphatic carbocycles. The van der Waals surface area contributed by atoms with E-state index in [0.29, 0.717) is 34.3 Å². The van der Waals surface area contributed by atoms with Crippen molar-refractivity contribution in [3.8, 4) is 11.5 Å². The van der Waals surface area contributed by atoms with Gasteiger partial charge in [-0.05, 0) is 66.1 Å². The van der Waals surface area contributed by atoms with Gasteiger partial charge in [-0.2, -0.15) is 0 Å². The van der Waals surface area contributed by atoms with Crippen molar-refractivity contribution in [2.24, 2.45) is 0 Å². The van der Waals surface area contributed by atoms with Crippen LogP contribution in [0, 0.1) is 0 Å². The van der Waals surface area contributed by atoms with E-state index in [1.165, 1.54) is 4.90 Å². The largest absolute Gasteiger partial charge is 0.457 e. The lowest BCUT2D eigenvalue weighted by Crippen LogP contribution is -2.53. The molecule has 0 aromatic heterocycles. The summed E-state index contributed by atoms with van der Waals surface area (Å²) in [6, 6.07) is 31.3. The average Bonchev–Trinajstić information content (AvgIpc) is 3.02. The maximum absolute atomic E-state index is 14.2. The third-order valence-corrected chi connectivity index (χ3v) is 8.50. The van der Waals surface area contributed by atoms with Gasteiger partial charge in [0.15, 0.2) is 0 Å². The van der Waals surface area contributed by atoms with Crippen LogP contribution in [0.5, 0.6) is 11.5 Å². The van der Waals surface area contributed by atoms with E-state index in [0.717, 1.165) is 29.0 Å². The number of carbonyl (C=O) groups is 2. The number of unbranched alkanes of at least 4 members (excludes halogenated alkanes) is 1. The van der Waals surface area contributed by atoms with Gasteiger partial charge >= 0.3 is 0 Å². The first-order valence-electron chi connectivity index (χ1n) is 14.8. The molecule has 0 spiro atoms. The standard InChI is InChI=1S/C35H38ClN3O5S/c1-3-4-22-37-35(41)33(24-27-12-7-5-8-13-27)38(25-28-14-11-15-29(36)23-28)34(40)26-39(45(2,42)43)30-18-20-32(21-19-30)44-31-16-9-6-10-17-31/h5-21,23,33H,3-4,22,24-26H2,1-2H3,(H,37,41). The molecule has 4 aromatic rings. The Hall–Kier alpha value is -4.34. The molecule has 45 heavy (non-hydrogen) atoms. The van der Waals surface area contributed by atoms with Crippen molar-refractivity contribution < 1.29 is 22.7 Å². The summed E-state index contributed by atoms with van der Waals surface area (Å²) in [5.41, 5.74) is 1.87. The van der Waals surface area contributed by atoms with E-state index in [1.807, 2.05) is 73.7 Å². The molecule has 0 saturated carbocycles. The maximum Gasteiger partial charge on any atom is 0.244 e. The van der Waals surface area contributed by atoms with Gasteiger partial charge in [0.2, 0.25) is 21.8 Å². The molecule has 1 N–H and O–H groups in total. The second-order valence-corrected chi connectivity index (χ2v) is 13.0.